The van der Waals surface area contributed by atoms with E-state index < -0.39 is 0 Å². The first-order valence-corrected chi connectivity index (χ1v) is 6.91. The summed E-state index contributed by atoms with van der Waals surface area (Å²) in [5.74, 6) is 0. The van der Waals surface area contributed by atoms with Crippen LogP contribution in [0.2, 0.25) is 0 Å². The molecule has 0 saturated heterocycles. The molecule has 21 heavy (non-hydrogen) atoms. The van der Waals surface area contributed by atoms with E-state index in [1.807, 2.05) is 36.5 Å². The van der Waals surface area contributed by atoms with Crippen LogP contribution < -0.4 is 0 Å². The molecule has 3 aromatic rings. The molecule has 0 radical (unpaired) electrons. The van der Waals surface area contributed by atoms with Crippen LogP contribution in [0.25, 0.3) is 27.2 Å². The first-order valence-electron chi connectivity index (χ1n) is 6.91. The quantitative estimate of drug-likeness (QED) is 0.450. The number of hydrogen-bond donors (Lipinski definition) is 0. The summed E-state index contributed by atoms with van der Waals surface area (Å²) in [5.41, 5.74) is 7.69. The standard InChI is InChI=1S/C19H12N2/c1-20-18-10-4-6-13-12-16-14(17-9-2-3-11-21-17)7-5-8-15(16)19(13)18/h2-11H,12H2. The van der Waals surface area contributed by atoms with Crippen LogP contribution in [0, 0.1) is 6.57 Å². The molecular weight excluding hydrogens is 256 g/mol. The highest BCUT2D eigenvalue weighted by atomic mass is 14.7. The van der Waals surface area contributed by atoms with Crippen molar-refractivity contribution >= 4 is 5.69 Å². The smallest absolute Gasteiger partial charge is 0.195 e. The molecule has 0 unspecified atom stereocenters. The molecular formula is C19H12N2. The van der Waals surface area contributed by atoms with Crippen LogP contribution in [0.1, 0.15) is 11.1 Å². The fourth-order valence-corrected chi connectivity index (χ4v) is 3.10. The largest absolute Gasteiger partial charge is 0.256 e. The third-order valence-corrected chi connectivity index (χ3v) is 4.00. The maximum absolute atomic E-state index is 7.38. The number of aromatic nitrogens is 1. The van der Waals surface area contributed by atoms with Crippen molar-refractivity contribution in [1.29, 1.82) is 0 Å². The van der Waals surface area contributed by atoms with Crippen LogP contribution >= 0.6 is 0 Å². The molecule has 1 aromatic heterocycles. The summed E-state index contributed by atoms with van der Waals surface area (Å²) in [7, 11) is 0. The molecule has 0 bridgehead atoms. The second-order valence-electron chi connectivity index (χ2n) is 5.15. The van der Waals surface area contributed by atoms with E-state index >= 15 is 0 Å². The van der Waals surface area contributed by atoms with Gasteiger partial charge in [0.05, 0.1) is 12.3 Å². The zero-order valence-electron chi connectivity index (χ0n) is 11.4. The molecule has 0 saturated carbocycles. The van der Waals surface area contributed by atoms with E-state index in [0.29, 0.717) is 0 Å². The van der Waals surface area contributed by atoms with Gasteiger partial charge in [-0.15, -0.1) is 0 Å². The SMILES string of the molecule is [C-]#[N+]c1cccc2c1-c1cccc(-c3ccccn3)c1C2. The monoisotopic (exact) mass is 268 g/mol. The number of nitrogens with zero attached hydrogens (tertiary/aromatic N) is 2. The molecule has 98 valence electrons. The van der Waals surface area contributed by atoms with Gasteiger partial charge >= 0.3 is 0 Å². The topological polar surface area (TPSA) is 17.2 Å². The number of hydrogen-bond acceptors (Lipinski definition) is 1. The minimum absolute atomic E-state index is 0.740. The van der Waals surface area contributed by atoms with Crippen LogP contribution in [0.4, 0.5) is 5.69 Å². The molecule has 0 aliphatic heterocycles. The lowest BCUT2D eigenvalue weighted by Gasteiger charge is -2.08. The van der Waals surface area contributed by atoms with Gasteiger partial charge in [-0.25, -0.2) is 4.85 Å². The second kappa shape index (κ2) is 4.57. The average Bonchev–Trinajstić information content (AvgIpc) is 2.94. The lowest BCUT2D eigenvalue weighted by atomic mass is 9.98. The molecule has 2 heteroatoms. The molecule has 1 heterocycles. The minimum atomic E-state index is 0.740. The first kappa shape index (κ1) is 11.9. The fraction of sp³-hybridized carbons (Fsp3) is 0.0526. The summed E-state index contributed by atoms with van der Waals surface area (Å²) in [6.07, 6.45) is 2.70. The van der Waals surface area contributed by atoms with Crippen LogP contribution in [-0.4, -0.2) is 4.98 Å². The number of fused-ring (bicyclic) bond motifs is 3. The Morgan fingerprint density at radius 1 is 0.905 bits per heavy atom. The fourth-order valence-electron chi connectivity index (χ4n) is 3.10. The van der Waals surface area contributed by atoms with Gasteiger partial charge in [0.25, 0.3) is 0 Å². The van der Waals surface area contributed by atoms with Crippen LogP contribution in [0.5, 0.6) is 0 Å². The van der Waals surface area contributed by atoms with Crippen molar-refractivity contribution < 1.29 is 0 Å². The summed E-state index contributed by atoms with van der Waals surface area (Å²) in [4.78, 5) is 8.15. The Balaban J connectivity index is 1.98. The Morgan fingerprint density at radius 3 is 2.57 bits per heavy atom. The van der Waals surface area contributed by atoms with Gasteiger partial charge in [-0.3, -0.25) is 4.98 Å². The normalized spacial score (nSPS) is 11.6. The van der Waals surface area contributed by atoms with Crippen LogP contribution in [0.15, 0.2) is 60.8 Å². The highest BCUT2D eigenvalue weighted by Gasteiger charge is 2.23. The maximum Gasteiger partial charge on any atom is 0.195 e. The summed E-state index contributed by atoms with van der Waals surface area (Å²) in [6, 6.07) is 18.2. The summed E-state index contributed by atoms with van der Waals surface area (Å²) < 4.78 is 0. The van der Waals surface area contributed by atoms with E-state index in [4.69, 9.17) is 6.57 Å². The molecule has 0 spiro atoms. The summed E-state index contributed by atoms with van der Waals surface area (Å²) in [5, 5.41) is 0. The second-order valence-corrected chi connectivity index (χ2v) is 5.15. The van der Waals surface area contributed by atoms with Crippen LogP contribution in [-0.2, 0) is 6.42 Å². The summed E-state index contributed by atoms with van der Waals surface area (Å²) in [6.45, 7) is 7.38. The first-order chi connectivity index (χ1) is 10.4. The van der Waals surface area contributed by atoms with Gasteiger partial charge in [0.2, 0.25) is 0 Å². The third-order valence-electron chi connectivity index (χ3n) is 4.00. The third kappa shape index (κ3) is 1.75. The maximum atomic E-state index is 7.38. The van der Waals surface area contributed by atoms with Gasteiger partial charge in [0.1, 0.15) is 0 Å². The average molecular weight is 268 g/mol. The molecule has 2 aromatic carbocycles. The van der Waals surface area contributed by atoms with Crippen molar-refractivity contribution in [3.63, 3.8) is 0 Å². The number of rotatable bonds is 1. The molecule has 4 rings (SSSR count). The lowest BCUT2D eigenvalue weighted by molar-refractivity contribution is 1.24. The Morgan fingerprint density at radius 2 is 1.76 bits per heavy atom. The van der Waals surface area contributed by atoms with E-state index in [1.165, 1.54) is 22.3 Å². The van der Waals surface area contributed by atoms with E-state index in [9.17, 15) is 0 Å². The van der Waals surface area contributed by atoms with Crippen molar-refractivity contribution in [1.82, 2.24) is 4.98 Å². The predicted octanol–water partition coefficient (Wildman–Crippen LogP) is 4.87. The molecule has 0 fully saturated rings. The Labute approximate surface area is 123 Å². The molecule has 0 amide bonds. The molecule has 2 nitrogen and oxygen atoms in total. The van der Waals surface area contributed by atoms with E-state index in [1.54, 1.807) is 0 Å². The number of pyridine rings is 1. The van der Waals surface area contributed by atoms with Gasteiger partial charge in [-0.05, 0) is 40.8 Å². The Kier molecular flexibility index (Phi) is 2.58. The Bertz CT molecular complexity index is 874. The predicted molar refractivity (Wildman–Crippen MR) is 84.2 cm³/mol. The van der Waals surface area contributed by atoms with E-state index in [-0.39, 0.29) is 0 Å². The van der Waals surface area contributed by atoms with E-state index in [2.05, 4.69) is 34.1 Å². The molecule has 1 aliphatic carbocycles. The number of benzene rings is 2. The van der Waals surface area contributed by atoms with Gasteiger partial charge in [0.15, 0.2) is 5.69 Å². The van der Waals surface area contributed by atoms with Crippen molar-refractivity contribution in [3.05, 3.63) is 83.3 Å². The minimum Gasteiger partial charge on any atom is -0.256 e. The van der Waals surface area contributed by atoms with Crippen molar-refractivity contribution in [2.45, 2.75) is 6.42 Å². The van der Waals surface area contributed by atoms with Gasteiger partial charge < -0.3 is 0 Å². The summed E-state index contributed by atoms with van der Waals surface area (Å²) >= 11 is 0. The molecule has 0 atom stereocenters. The van der Waals surface area contributed by atoms with E-state index in [0.717, 1.165) is 23.4 Å². The molecule has 1 aliphatic rings. The van der Waals surface area contributed by atoms with Crippen molar-refractivity contribution in [2.24, 2.45) is 0 Å². The highest BCUT2D eigenvalue weighted by molar-refractivity contribution is 5.91. The Hall–Kier alpha value is -2.92. The van der Waals surface area contributed by atoms with Gasteiger partial charge in [-0.1, -0.05) is 42.5 Å². The zero-order valence-corrected chi connectivity index (χ0v) is 11.4. The van der Waals surface area contributed by atoms with Crippen LogP contribution in [0.3, 0.4) is 0 Å². The van der Waals surface area contributed by atoms with Gasteiger partial charge in [-0.2, -0.15) is 0 Å². The van der Waals surface area contributed by atoms with Gasteiger partial charge in [0, 0.05) is 11.8 Å². The lowest BCUT2D eigenvalue weighted by Crippen LogP contribution is -1.89. The molecule has 0 N–H and O–H groups in total. The highest BCUT2D eigenvalue weighted by Crippen LogP contribution is 2.45. The van der Waals surface area contributed by atoms with Crippen molar-refractivity contribution in [3.8, 4) is 22.4 Å². The zero-order chi connectivity index (χ0) is 14.2. The van der Waals surface area contributed by atoms with Crippen molar-refractivity contribution in [2.75, 3.05) is 0 Å².